The molecule has 5 heterocycles. The molecule has 0 atom stereocenters. The van der Waals surface area contributed by atoms with Crippen LogP contribution in [0.1, 0.15) is 87.1 Å². The second kappa shape index (κ2) is 28.9. The summed E-state index contributed by atoms with van der Waals surface area (Å²) >= 11 is 0. The number of nitrogens with two attached hydrogens (primary N) is 2. The highest BCUT2D eigenvalue weighted by molar-refractivity contribution is 7.86. The molecule has 458 valence electrons. The molecule has 2 aliphatic rings. The number of ether oxygens (including phenoxy) is 1. The number of carboxylic acids is 1. The minimum atomic E-state index is -5.21. The smallest absolute Gasteiger partial charge is 0.336 e. The summed E-state index contributed by atoms with van der Waals surface area (Å²) in [5.41, 5.74) is 12.0. The third kappa shape index (κ3) is 15.4. The summed E-state index contributed by atoms with van der Waals surface area (Å²) in [7, 11) is -10.4. The molecular weight excluding hydrogens is 1150 g/mol. The number of nitrogen functional groups attached to an aromatic ring is 2. The number of rotatable bonds is 24. The third-order valence-electron chi connectivity index (χ3n) is 14.2. The minimum Gasteiger partial charge on any atom is -0.484 e. The van der Waals surface area contributed by atoms with Crippen molar-refractivity contribution in [1.29, 1.82) is 5.41 Å². The zero-order valence-corrected chi connectivity index (χ0v) is 50.2. The van der Waals surface area contributed by atoms with Crippen molar-refractivity contribution in [3.05, 3.63) is 113 Å². The van der Waals surface area contributed by atoms with Crippen molar-refractivity contribution in [2.45, 2.75) is 83.6 Å². The molecule has 2 amide bonds. The Morgan fingerprint density at radius 1 is 0.744 bits per heavy atom. The fraction of sp³-hybridized carbons (Fsp3) is 0.345. The second-order valence-corrected chi connectivity index (χ2v) is 22.2. The number of amides is 2. The van der Waals surface area contributed by atoms with Gasteiger partial charge in [0.25, 0.3) is 32.1 Å². The number of aryl methyl sites for hydroxylation is 2. The van der Waals surface area contributed by atoms with Gasteiger partial charge in [-0.15, -0.1) is 5.10 Å². The molecule has 1 aliphatic carbocycles. The molecule has 0 saturated carbocycles. The van der Waals surface area contributed by atoms with Crippen molar-refractivity contribution in [3.63, 3.8) is 0 Å². The van der Waals surface area contributed by atoms with E-state index < -0.39 is 69.9 Å². The Balaban J connectivity index is 0.000000675. The van der Waals surface area contributed by atoms with E-state index in [2.05, 4.69) is 82.1 Å². The van der Waals surface area contributed by atoms with Gasteiger partial charge >= 0.3 is 5.97 Å². The molecule has 3 aromatic carbocycles. The Labute approximate surface area is 496 Å². The Morgan fingerprint density at radius 2 is 1.38 bits per heavy atom. The van der Waals surface area contributed by atoms with Crippen molar-refractivity contribution in [1.82, 2.24) is 49.8 Å². The summed E-state index contributed by atoms with van der Waals surface area (Å²) < 4.78 is 90.1. The van der Waals surface area contributed by atoms with Crippen LogP contribution in [0.2, 0.25) is 0 Å². The van der Waals surface area contributed by atoms with Gasteiger partial charge in [0, 0.05) is 41.7 Å². The largest absolute Gasteiger partial charge is 0.484 e. The van der Waals surface area contributed by atoms with E-state index in [-0.39, 0.29) is 59.2 Å². The van der Waals surface area contributed by atoms with Crippen LogP contribution in [0.15, 0.2) is 110 Å². The van der Waals surface area contributed by atoms with Crippen LogP contribution in [0.4, 0.5) is 11.6 Å². The number of hydrogen-bond donors (Lipinski definition) is 8. The van der Waals surface area contributed by atoms with Gasteiger partial charge in [0.2, 0.25) is 11.8 Å². The van der Waals surface area contributed by atoms with Gasteiger partial charge in [-0.25, -0.2) is 14.5 Å². The van der Waals surface area contributed by atoms with Crippen LogP contribution in [0, 0.1) is 5.41 Å². The highest BCUT2D eigenvalue weighted by Gasteiger charge is 2.32. The number of fused-ring (bicyclic) bond motifs is 5. The van der Waals surface area contributed by atoms with E-state index in [1.165, 1.54) is 74.3 Å². The van der Waals surface area contributed by atoms with Crippen LogP contribution in [0.5, 0.6) is 5.75 Å². The standard InChI is InChI=1S/C46H41N11O13S2.2C6H15N/c47-32-15-13-28-36(29-14-16-33(48)40(72(65,66)67)38(29)70-37(28)39(32)71(62,63)64)27-12-9-25(21-30(27)45(60)61)44(59)51-18-2-1-17-50-35(58)23-69-26-10-7-24(8-11-26)5-3-19-56-42-31(22-52-56)43-53-41(34-6-4-20-68-34)55-57(43)46(49)54-42;2*1-4-7(5-2)6-3/h4,6-16,20-22,47H,1-3,5,17-19,23,48H2,(H2,49,54)(H,50,58)(H,51,59)(H,60,61)(H,62,63,64)(H,65,66,67);2*4-6H2,1-3H3. The van der Waals surface area contributed by atoms with Crippen molar-refractivity contribution < 1.29 is 59.0 Å². The number of benzene rings is 4. The lowest BCUT2D eigenvalue weighted by atomic mass is 9.89. The molecule has 0 fully saturated rings. The van der Waals surface area contributed by atoms with Gasteiger partial charge in [-0.05, 0) is 137 Å². The molecule has 86 heavy (non-hydrogen) atoms. The number of carboxylic acid groups (broad SMARTS) is 1. The van der Waals surface area contributed by atoms with Crippen LogP contribution in [0.25, 0.3) is 61.7 Å². The molecule has 7 aromatic rings. The van der Waals surface area contributed by atoms with E-state index in [0.717, 1.165) is 36.6 Å². The molecular formula is C58H71N13O13S2. The topological polar surface area (TPSA) is 383 Å². The Kier molecular flexibility index (Phi) is 21.7. The highest BCUT2D eigenvalue weighted by Crippen LogP contribution is 2.46. The van der Waals surface area contributed by atoms with E-state index in [9.17, 15) is 45.4 Å². The van der Waals surface area contributed by atoms with Crippen molar-refractivity contribution in [3.8, 4) is 39.8 Å². The molecule has 1 aliphatic heterocycles. The summed E-state index contributed by atoms with van der Waals surface area (Å²) in [6.45, 7) is 21.0. The Bertz CT molecular complexity index is 4080. The zero-order valence-electron chi connectivity index (χ0n) is 48.5. The first-order valence-electron chi connectivity index (χ1n) is 27.9. The first-order chi connectivity index (χ1) is 41.1. The average molecular weight is 1220 g/mol. The lowest BCUT2D eigenvalue weighted by Crippen LogP contribution is -2.30. The van der Waals surface area contributed by atoms with Crippen molar-refractivity contribution >= 4 is 77.3 Å². The van der Waals surface area contributed by atoms with Gasteiger partial charge in [0.05, 0.1) is 34.5 Å². The van der Waals surface area contributed by atoms with Crippen LogP contribution in [-0.4, -0.2) is 147 Å². The lowest BCUT2D eigenvalue weighted by molar-refractivity contribution is -0.123. The summed E-state index contributed by atoms with van der Waals surface area (Å²) in [6.07, 6.45) is 5.59. The SMILES string of the molecule is CCN(CC)CC.CCN(CC)CC.N=c1ccc2c(-c3ccc(C(=O)NCCCCNC(=O)COc4ccc(CCCn5ncc6c5nc(N)n5nc(-c7ccco7)nc65)cc4)cc3C(=O)O)c3ccc(N)c(S(=O)(=O)O)c3oc-2c1S(=O)(=O)O. The zero-order chi connectivity index (χ0) is 62.5. The predicted octanol–water partition coefficient (Wildman–Crippen LogP) is 7.12. The molecule has 4 aromatic heterocycles. The van der Waals surface area contributed by atoms with E-state index in [1.807, 2.05) is 12.1 Å². The lowest BCUT2D eigenvalue weighted by Gasteiger charge is -2.20. The molecule has 9 rings (SSSR count). The maximum Gasteiger partial charge on any atom is 0.336 e. The van der Waals surface area contributed by atoms with Gasteiger partial charge in [-0.2, -0.15) is 31.4 Å². The predicted molar refractivity (Wildman–Crippen MR) is 323 cm³/mol. The third-order valence-corrected chi connectivity index (χ3v) is 16.0. The van der Waals surface area contributed by atoms with Gasteiger partial charge in [0.1, 0.15) is 5.75 Å². The van der Waals surface area contributed by atoms with Crippen molar-refractivity contribution in [2.24, 2.45) is 0 Å². The molecule has 0 saturated heterocycles. The van der Waals surface area contributed by atoms with Crippen molar-refractivity contribution in [2.75, 3.05) is 70.4 Å². The number of anilines is 2. The summed E-state index contributed by atoms with van der Waals surface area (Å²) in [4.78, 5) is 50.3. The average Bonchev–Trinajstić information content (AvgIpc) is 0.850. The quantitative estimate of drug-likeness (QED) is 0.0129. The molecule has 10 N–H and O–H groups in total. The summed E-state index contributed by atoms with van der Waals surface area (Å²) in [5.74, 6) is -1.71. The molecule has 0 spiro atoms. The van der Waals surface area contributed by atoms with E-state index in [4.69, 9.17) is 30.4 Å². The molecule has 0 radical (unpaired) electrons. The van der Waals surface area contributed by atoms with Crippen LogP contribution < -0.4 is 32.2 Å². The molecule has 0 unspecified atom stereocenters. The molecule has 26 nitrogen and oxygen atoms in total. The van der Waals surface area contributed by atoms with Crippen LogP contribution in [0.3, 0.4) is 0 Å². The Hall–Kier alpha value is -8.80. The van der Waals surface area contributed by atoms with Crippen LogP contribution >= 0.6 is 0 Å². The van der Waals surface area contributed by atoms with E-state index in [0.29, 0.717) is 53.4 Å². The number of carbonyl (C=O) groups excluding carboxylic acids is 2. The summed E-state index contributed by atoms with van der Waals surface area (Å²) in [6, 6.07) is 19.0. The number of unbranched alkanes of at least 4 members (excludes halogenated alkanes) is 1. The van der Waals surface area contributed by atoms with Gasteiger partial charge in [-0.1, -0.05) is 59.7 Å². The van der Waals surface area contributed by atoms with Gasteiger partial charge in [-0.3, -0.25) is 24.1 Å². The van der Waals surface area contributed by atoms with Crippen LogP contribution in [-0.2, 0) is 38.0 Å². The fourth-order valence-electron chi connectivity index (χ4n) is 9.52. The number of hydrogen-bond acceptors (Lipinski definition) is 19. The number of nitrogens with one attached hydrogen (secondary N) is 3. The number of nitrogens with zero attached hydrogens (tertiary/aromatic N) is 8. The van der Waals surface area contributed by atoms with Gasteiger partial charge in [0.15, 0.2) is 44.8 Å². The first-order valence-corrected chi connectivity index (χ1v) is 30.8. The normalized spacial score (nSPS) is 11.7. The first kappa shape index (κ1) is 64.8. The Morgan fingerprint density at radius 3 is 1.98 bits per heavy atom. The maximum absolute atomic E-state index is 13.2. The number of aromatic carboxylic acids is 1. The summed E-state index contributed by atoms with van der Waals surface area (Å²) in [5, 5.41) is 32.7. The number of aromatic nitrogens is 6. The van der Waals surface area contributed by atoms with E-state index >= 15 is 0 Å². The molecule has 0 bridgehead atoms. The number of carbonyl (C=O) groups is 3. The highest BCUT2D eigenvalue weighted by atomic mass is 32.2. The second-order valence-electron chi connectivity index (χ2n) is 19.5. The maximum atomic E-state index is 13.2. The molecule has 28 heteroatoms. The monoisotopic (exact) mass is 1220 g/mol. The number of furan rings is 1. The minimum absolute atomic E-state index is 0.0821. The fourth-order valence-corrected chi connectivity index (χ4v) is 11.0. The van der Waals surface area contributed by atoms with Gasteiger partial charge < -0.3 is 50.6 Å². The van der Waals surface area contributed by atoms with E-state index in [1.54, 1.807) is 35.1 Å².